The maximum atomic E-state index is 7.33. The number of hydrogen-bond acceptors (Lipinski definition) is 4. The molecule has 7 heteroatoms. The standard InChI is InChI=1S/C86H75N5O.Pt/c1-57-50-81(87-55-70(57)60-40-42-61(43-41-60)83(2,3)4)91-75-37-21-20-36-71(75)86(72-47-44-62(84(5,6)7)51-78(72)90(64-30-18-13-19-31-64)79-52-63(85(8,9)10)45-48-73(79)86)74-49-46-67(54-80(74)91)92-66-33-24-32-65(53-66)88-56-89(77-39-23-22-38-76(77)88)82-68(58-26-14-11-15-27-58)34-25-35-69(82)59-28-16-12-17-29-59;/h11-55H,1-10H3;. The summed E-state index contributed by atoms with van der Waals surface area (Å²) in [6.07, 6.45) is 2.07. The molecule has 6 nitrogen and oxygen atoms in total. The third kappa shape index (κ3) is 10.1. The van der Waals surface area contributed by atoms with Crippen LogP contribution < -0.4 is 14.5 Å². The van der Waals surface area contributed by atoms with E-state index in [-0.39, 0.29) is 16.2 Å². The number of rotatable bonds is 9. The van der Waals surface area contributed by atoms with Gasteiger partial charge in [-0.25, -0.2) is 0 Å². The van der Waals surface area contributed by atoms with Crippen molar-refractivity contribution in [2.24, 2.45) is 0 Å². The third-order valence-corrected chi connectivity index (χ3v) is 20.0. The van der Waals surface area contributed by atoms with Gasteiger partial charge in [-0.1, -0.05) is 147 Å². The molecule has 1 spiro atoms. The number of aromatic nitrogens is 3. The summed E-state index contributed by atoms with van der Waals surface area (Å²) in [6.45, 7) is 22.9. The van der Waals surface area contributed by atoms with Crippen LogP contribution in [-0.2, 0) is 41.0 Å². The van der Waals surface area contributed by atoms with Gasteiger partial charge in [0.05, 0.1) is 11.4 Å². The van der Waals surface area contributed by atoms with Crippen LogP contribution in [0.5, 0.6) is 11.5 Å². The first-order valence-corrected chi connectivity index (χ1v) is 33.5. The molecule has 0 fully saturated rings. The van der Waals surface area contributed by atoms with Crippen LogP contribution >= 0.6 is 0 Å². The van der Waals surface area contributed by atoms with Gasteiger partial charge in [0.15, 0.2) is 0 Å². The number of aryl methyl sites for hydroxylation is 1. The predicted octanol–water partition coefficient (Wildman–Crippen LogP) is 22.8. The molecule has 0 atom stereocenters. The Morgan fingerprint density at radius 1 is 0.366 bits per heavy atom. The Labute approximate surface area is 558 Å². The van der Waals surface area contributed by atoms with Crippen molar-refractivity contribution in [3.8, 4) is 56.3 Å². The fourth-order valence-electron chi connectivity index (χ4n) is 14.3. The van der Waals surface area contributed by atoms with Crippen LogP contribution in [0.3, 0.4) is 0 Å². The van der Waals surface area contributed by atoms with E-state index >= 15 is 0 Å². The van der Waals surface area contributed by atoms with E-state index in [2.05, 4.69) is 381 Å². The minimum Gasteiger partial charge on any atom is -0.0579 e. The summed E-state index contributed by atoms with van der Waals surface area (Å²) in [5, 5.41) is 0. The summed E-state index contributed by atoms with van der Waals surface area (Å²) in [6, 6.07) is 98.0. The van der Waals surface area contributed by atoms with Crippen LogP contribution in [0.25, 0.3) is 55.8 Å². The molecule has 0 unspecified atom stereocenters. The van der Waals surface area contributed by atoms with E-state index in [0.29, 0.717) is 11.5 Å². The molecule has 4 heterocycles. The second kappa shape index (κ2) is 22.8. The Hall–Kier alpha value is -9.87. The first kappa shape index (κ1) is 59.4. The molecule has 93 heavy (non-hydrogen) atoms. The van der Waals surface area contributed by atoms with E-state index in [0.717, 1.165) is 105 Å². The molecule has 460 valence electrons. The molecular formula is C86H75N5OPt. The molecule has 0 amide bonds. The topological polar surface area (TPSA) is 38.5 Å². The second-order valence-corrected chi connectivity index (χ2v) is 29.1. The number of pyridine rings is 1. The minimum absolute atomic E-state index is 0.0415. The number of para-hydroxylation sites is 5. The van der Waals surface area contributed by atoms with Crippen molar-refractivity contribution in [2.45, 2.75) is 90.9 Å². The van der Waals surface area contributed by atoms with Crippen LogP contribution in [0, 0.1) is 10.7 Å². The predicted molar refractivity (Wildman–Crippen MR) is 382 cm³/mol. The van der Waals surface area contributed by atoms with E-state index in [1.165, 1.54) is 33.4 Å². The Morgan fingerprint density at radius 2 is 0.828 bits per heavy atom. The van der Waals surface area contributed by atoms with Crippen molar-refractivity contribution in [3.63, 3.8) is 0 Å². The molecule has 0 saturated carbocycles. The van der Waals surface area contributed by atoms with Crippen LogP contribution in [0.2, 0.25) is 0 Å². The van der Waals surface area contributed by atoms with Gasteiger partial charge in [-0.15, -0.1) is 0 Å². The molecule has 13 aromatic rings. The number of imidazole rings is 1. The number of nitrogens with zero attached hydrogens (tertiary/aromatic N) is 5. The smallest absolute Gasteiger partial charge is 0.0579 e. The van der Waals surface area contributed by atoms with Gasteiger partial charge in [-0.3, -0.25) is 0 Å². The molecule has 2 aliphatic rings. The van der Waals surface area contributed by atoms with Gasteiger partial charge < -0.3 is 4.90 Å². The summed E-state index contributed by atoms with van der Waals surface area (Å²) in [4.78, 5) is 10.4. The molecule has 15 rings (SSSR count). The Balaban J connectivity index is 0.937. The van der Waals surface area contributed by atoms with Gasteiger partial charge >= 0.3 is 306 Å². The first-order chi connectivity index (χ1) is 44.9. The molecule has 0 bridgehead atoms. The van der Waals surface area contributed by atoms with Crippen molar-refractivity contribution < 1.29 is 24.1 Å². The molecular weight excluding hydrogens is 1310 g/mol. The van der Waals surface area contributed by atoms with Crippen LogP contribution in [0.15, 0.2) is 273 Å². The first-order valence-electron chi connectivity index (χ1n) is 32.3. The number of ether oxygens (including phenoxy) is 1. The zero-order chi connectivity index (χ0) is 64.1. The SMILES string of the molecule is Cc1cc(N2c3ccccc3C3(c4ccc(C(C)(C)C)cc4N(c4ccccc4)c4cc(C(C)(C)C)ccc43)c3ccc(Oc4cccc(-n5[c](=[Pt])n(-c6c(-c7ccccc7)cccc6-c6ccccc6)c6ccccc65)c4)cc32)ncc1-c1ccc(C(C)(C)C)cc1. The maximum absolute atomic E-state index is 7.33. The summed E-state index contributed by atoms with van der Waals surface area (Å²) in [5.74, 6) is 2.25. The second-order valence-electron chi connectivity index (χ2n) is 28.0. The van der Waals surface area contributed by atoms with Crippen molar-refractivity contribution in [2.75, 3.05) is 9.80 Å². The monoisotopic (exact) mass is 1390 g/mol. The van der Waals surface area contributed by atoms with E-state index in [1.807, 2.05) is 0 Å². The number of hydrogen-bond donors (Lipinski definition) is 0. The fraction of sp³-hybridized carbons (Fsp3) is 0.163. The van der Waals surface area contributed by atoms with E-state index < -0.39 is 5.41 Å². The van der Waals surface area contributed by atoms with Crippen LogP contribution in [0.1, 0.15) is 107 Å². The van der Waals surface area contributed by atoms with Gasteiger partial charge in [0.1, 0.15) is 0 Å². The fourth-order valence-corrected chi connectivity index (χ4v) is 15.4. The van der Waals surface area contributed by atoms with E-state index in [1.54, 1.807) is 0 Å². The van der Waals surface area contributed by atoms with Gasteiger partial charge in [0.25, 0.3) is 0 Å². The average Bonchev–Trinajstić information content (AvgIpc) is 1.17. The van der Waals surface area contributed by atoms with Gasteiger partial charge in [0.2, 0.25) is 0 Å². The normalized spacial score (nSPS) is 13.4. The van der Waals surface area contributed by atoms with Crippen molar-refractivity contribution in [1.82, 2.24) is 14.1 Å². The molecule has 0 N–H and O–H groups in total. The summed E-state index contributed by atoms with van der Waals surface area (Å²) in [7, 11) is 0. The molecule has 2 aliphatic heterocycles. The molecule has 2 aromatic heterocycles. The van der Waals surface area contributed by atoms with Gasteiger partial charge in [-0.2, -0.15) is 0 Å². The number of benzene rings is 11. The number of fused-ring (bicyclic) bond motifs is 9. The van der Waals surface area contributed by atoms with E-state index in [9.17, 15) is 0 Å². The molecule has 11 aromatic carbocycles. The molecule has 0 aliphatic carbocycles. The summed E-state index contributed by atoms with van der Waals surface area (Å²) in [5.41, 5.74) is 25.3. The zero-order valence-electron chi connectivity index (χ0n) is 54.4. The van der Waals surface area contributed by atoms with Crippen molar-refractivity contribution in [1.29, 1.82) is 0 Å². The van der Waals surface area contributed by atoms with Crippen molar-refractivity contribution >= 4 is 45.3 Å². The quantitative estimate of drug-likeness (QED) is 0.144. The average molecular weight is 1390 g/mol. The Bertz CT molecular complexity index is 4980. The zero-order valence-corrected chi connectivity index (χ0v) is 56.7. The van der Waals surface area contributed by atoms with Gasteiger partial charge in [-0.05, 0) is 75.3 Å². The number of anilines is 6. The molecule has 0 saturated heterocycles. The van der Waals surface area contributed by atoms with Gasteiger partial charge in [0, 0.05) is 17.4 Å². The summed E-state index contributed by atoms with van der Waals surface area (Å²) >= 11 is 2.53. The molecule has 0 radical (unpaired) electrons. The summed E-state index contributed by atoms with van der Waals surface area (Å²) < 4.78 is 13.1. The van der Waals surface area contributed by atoms with Crippen molar-refractivity contribution in [3.05, 3.63) is 321 Å². The Kier molecular flexibility index (Phi) is 14.5. The third-order valence-electron chi connectivity index (χ3n) is 19.0. The minimum atomic E-state index is -0.811. The Morgan fingerprint density at radius 3 is 1.41 bits per heavy atom. The van der Waals surface area contributed by atoms with Crippen LogP contribution in [-0.4, -0.2) is 14.1 Å². The van der Waals surface area contributed by atoms with Crippen LogP contribution in [0.4, 0.5) is 34.3 Å². The van der Waals surface area contributed by atoms with E-state index in [4.69, 9.17) is 9.72 Å².